The first-order valence-corrected chi connectivity index (χ1v) is 10.4. The molecule has 0 amide bonds. The molecule has 0 atom stereocenters. The van der Waals surface area contributed by atoms with Crippen LogP contribution in [0, 0.1) is 0 Å². The van der Waals surface area contributed by atoms with Crippen LogP contribution in [-0.4, -0.2) is 49.2 Å². The van der Waals surface area contributed by atoms with Gasteiger partial charge in [0.2, 0.25) is 0 Å². The van der Waals surface area contributed by atoms with Crippen molar-refractivity contribution in [1.29, 1.82) is 0 Å². The van der Waals surface area contributed by atoms with E-state index < -0.39 is 11.9 Å². The van der Waals surface area contributed by atoms with Gasteiger partial charge in [-0.3, -0.25) is 0 Å². The van der Waals surface area contributed by atoms with E-state index in [-0.39, 0.29) is 22.9 Å². The number of anilines is 1. The standard InChI is InChI=1S/C22H36N2O4/c1-5-7-13-24(14-8-6-2)15-10-16-27-22(26)20-18(11-9-12-19(20)23)21(25)28-17(3)4/h9,11-12,17H,5-8,10,13-16,23H2,1-4H3. The molecule has 2 N–H and O–H groups in total. The Hall–Kier alpha value is -2.08. The first-order chi connectivity index (χ1) is 13.4. The number of esters is 2. The van der Waals surface area contributed by atoms with E-state index in [4.69, 9.17) is 15.2 Å². The molecule has 0 spiro atoms. The third-order valence-corrected chi connectivity index (χ3v) is 4.37. The highest BCUT2D eigenvalue weighted by Crippen LogP contribution is 2.20. The van der Waals surface area contributed by atoms with E-state index in [0.717, 1.165) is 26.1 Å². The number of hydrogen-bond donors (Lipinski definition) is 1. The van der Waals surface area contributed by atoms with Gasteiger partial charge in [0, 0.05) is 12.2 Å². The molecule has 6 nitrogen and oxygen atoms in total. The summed E-state index contributed by atoms with van der Waals surface area (Å²) in [5, 5.41) is 0. The van der Waals surface area contributed by atoms with Crippen LogP contribution in [0.25, 0.3) is 0 Å². The highest BCUT2D eigenvalue weighted by Gasteiger charge is 2.22. The van der Waals surface area contributed by atoms with Crippen LogP contribution in [0.5, 0.6) is 0 Å². The van der Waals surface area contributed by atoms with Crippen LogP contribution in [0.1, 0.15) is 80.5 Å². The van der Waals surface area contributed by atoms with E-state index in [1.807, 2.05) is 0 Å². The lowest BCUT2D eigenvalue weighted by Gasteiger charge is -2.21. The molecule has 158 valence electrons. The van der Waals surface area contributed by atoms with Gasteiger partial charge in [-0.1, -0.05) is 32.8 Å². The first-order valence-electron chi connectivity index (χ1n) is 10.4. The summed E-state index contributed by atoms with van der Waals surface area (Å²) in [7, 11) is 0. The van der Waals surface area contributed by atoms with Crippen LogP contribution in [0.3, 0.4) is 0 Å². The predicted molar refractivity (Wildman–Crippen MR) is 113 cm³/mol. The molecule has 1 aromatic rings. The zero-order chi connectivity index (χ0) is 20.9. The molecule has 28 heavy (non-hydrogen) atoms. The number of unbranched alkanes of at least 4 members (excludes halogenated alkanes) is 2. The molecule has 6 heteroatoms. The number of hydrogen-bond acceptors (Lipinski definition) is 6. The molecule has 1 rings (SSSR count). The second-order valence-corrected chi connectivity index (χ2v) is 7.26. The molecular formula is C22H36N2O4. The molecule has 0 heterocycles. The Balaban J connectivity index is 2.64. The number of benzene rings is 1. The fraction of sp³-hybridized carbons (Fsp3) is 0.636. The zero-order valence-electron chi connectivity index (χ0n) is 17.8. The highest BCUT2D eigenvalue weighted by molar-refractivity contribution is 6.06. The Labute approximate surface area is 169 Å². The smallest absolute Gasteiger partial charge is 0.341 e. The van der Waals surface area contributed by atoms with Crippen molar-refractivity contribution < 1.29 is 19.1 Å². The van der Waals surface area contributed by atoms with E-state index in [0.29, 0.717) is 6.61 Å². The number of carbonyl (C=O) groups excluding carboxylic acids is 2. The molecule has 0 saturated heterocycles. The minimum absolute atomic E-state index is 0.0852. The van der Waals surface area contributed by atoms with Crippen LogP contribution in [-0.2, 0) is 9.47 Å². The van der Waals surface area contributed by atoms with Gasteiger partial charge in [-0.25, -0.2) is 9.59 Å². The lowest BCUT2D eigenvalue weighted by Crippen LogP contribution is -2.28. The van der Waals surface area contributed by atoms with Crippen LogP contribution in [0.15, 0.2) is 18.2 Å². The Bertz CT molecular complexity index is 609. The van der Waals surface area contributed by atoms with Gasteiger partial charge in [-0.15, -0.1) is 0 Å². The van der Waals surface area contributed by atoms with Crippen molar-refractivity contribution >= 4 is 17.6 Å². The Morgan fingerprint density at radius 1 is 1.00 bits per heavy atom. The number of ether oxygens (including phenoxy) is 2. The summed E-state index contributed by atoms with van der Waals surface area (Å²) >= 11 is 0. The molecule has 0 aliphatic carbocycles. The molecule has 0 fully saturated rings. The quantitative estimate of drug-likeness (QED) is 0.306. The summed E-state index contributed by atoms with van der Waals surface area (Å²) in [5.74, 6) is -1.15. The average Bonchev–Trinajstić information content (AvgIpc) is 2.65. The predicted octanol–water partition coefficient (Wildman–Crippen LogP) is 4.28. The van der Waals surface area contributed by atoms with Crippen molar-refractivity contribution in [2.75, 3.05) is 32.0 Å². The van der Waals surface area contributed by atoms with Gasteiger partial charge in [-0.2, -0.15) is 0 Å². The van der Waals surface area contributed by atoms with Crippen LogP contribution in [0.4, 0.5) is 5.69 Å². The monoisotopic (exact) mass is 392 g/mol. The molecular weight excluding hydrogens is 356 g/mol. The fourth-order valence-corrected chi connectivity index (χ4v) is 2.87. The summed E-state index contributed by atoms with van der Waals surface area (Å²) < 4.78 is 10.6. The molecule has 0 aliphatic heterocycles. The van der Waals surface area contributed by atoms with Crippen molar-refractivity contribution in [1.82, 2.24) is 4.90 Å². The summed E-state index contributed by atoms with van der Waals surface area (Å²) in [4.78, 5) is 27.2. The summed E-state index contributed by atoms with van der Waals surface area (Å²) in [5.41, 5.74) is 6.38. The first kappa shape index (κ1) is 24.0. The van der Waals surface area contributed by atoms with Gasteiger partial charge in [0.05, 0.1) is 23.8 Å². The maximum absolute atomic E-state index is 12.5. The van der Waals surface area contributed by atoms with Gasteiger partial charge >= 0.3 is 11.9 Å². The van der Waals surface area contributed by atoms with E-state index >= 15 is 0 Å². The van der Waals surface area contributed by atoms with E-state index in [1.165, 1.54) is 31.7 Å². The Morgan fingerprint density at radius 3 is 2.18 bits per heavy atom. The second-order valence-electron chi connectivity index (χ2n) is 7.26. The van der Waals surface area contributed by atoms with Gasteiger partial charge in [0.25, 0.3) is 0 Å². The SMILES string of the molecule is CCCCN(CCCC)CCCOC(=O)c1c(N)cccc1C(=O)OC(C)C. The fourth-order valence-electron chi connectivity index (χ4n) is 2.87. The third-order valence-electron chi connectivity index (χ3n) is 4.37. The van der Waals surface area contributed by atoms with E-state index in [1.54, 1.807) is 26.0 Å². The number of nitrogens with zero attached hydrogens (tertiary/aromatic N) is 1. The molecule has 0 radical (unpaired) electrons. The molecule has 1 aromatic carbocycles. The molecule has 0 aromatic heterocycles. The molecule has 0 unspecified atom stereocenters. The normalized spacial score (nSPS) is 11.1. The topological polar surface area (TPSA) is 81.9 Å². The number of rotatable bonds is 13. The zero-order valence-corrected chi connectivity index (χ0v) is 17.8. The minimum atomic E-state index is -0.581. The van der Waals surface area contributed by atoms with Crippen molar-refractivity contribution in [2.45, 2.75) is 65.9 Å². The van der Waals surface area contributed by atoms with Crippen molar-refractivity contribution in [2.24, 2.45) is 0 Å². The van der Waals surface area contributed by atoms with Crippen LogP contribution in [0.2, 0.25) is 0 Å². The van der Waals surface area contributed by atoms with Crippen LogP contribution >= 0.6 is 0 Å². The Kier molecular flexibility index (Phi) is 11.3. The maximum atomic E-state index is 12.5. The van der Waals surface area contributed by atoms with Crippen LogP contribution < -0.4 is 5.73 Å². The number of nitrogen functional groups attached to an aromatic ring is 1. The van der Waals surface area contributed by atoms with Gasteiger partial charge in [0.15, 0.2) is 0 Å². The molecule has 0 bridgehead atoms. The number of carbonyl (C=O) groups is 2. The highest BCUT2D eigenvalue weighted by atomic mass is 16.5. The lowest BCUT2D eigenvalue weighted by atomic mass is 10.1. The summed E-state index contributed by atoms with van der Waals surface area (Å²) in [6.07, 6.45) is 5.14. The van der Waals surface area contributed by atoms with Gasteiger partial charge in [-0.05, 0) is 58.3 Å². The largest absolute Gasteiger partial charge is 0.462 e. The van der Waals surface area contributed by atoms with Crippen molar-refractivity contribution in [3.05, 3.63) is 29.3 Å². The number of nitrogens with two attached hydrogens (primary N) is 1. The van der Waals surface area contributed by atoms with Gasteiger partial charge < -0.3 is 20.1 Å². The average molecular weight is 393 g/mol. The lowest BCUT2D eigenvalue weighted by molar-refractivity contribution is 0.0360. The van der Waals surface area contributed by atoms with Crippen molar-refractivity contribution in [3.8, 4) is 0 Å². The van der Waals surface area contributed by atoms with E-state index in [2.05, 4.69) is 18.7 Å². The van der Waals surface area contributed by atoms with Crippen molar-refractivity contribution in [3.63, 3.8) is 0 Å². The van der Waals surface area contributed by atoms with Gasteiger partial charge in [0.1, 0.15) is 0 Å². The minimum Gasteiger partial charge on any atom is -0.462 e. The second kappa shape index (κ2) is 13.2. The maximum Gasteiger partial charge on any atom is 0.341 e. The summed E-state index contributed by atoms with van der Waals surface area (Å²) in [6.45, 7) is 11.2. The molecule has 0 saturated carbocycles. The summed E-state index contributed by atoms with van der Waals surface area (Å²) in [6, 6.07) is 4.75. The van der Waals surface area contributed by atoms with E-state index in [9.17, 15) is 9.59 Å². The molecule has 0 aliphatic rings. The Morgan fingerprint density at radius 2 is 1.61 bits per heavy atom. The third kappa shape index (κ3) is 8.30.